The fraction of sp³-hybridized carbons (Fsp3) is 0.333. The lowest BCUT2D eigenvalue weighted by Gasteiger charge is -2.12. The summed E-state index contributed by atoms with van der Waals surface area (Å²) < 4.78 is 14.1. The number of benzene rings is 1. The number of hydrogen-bond acceptors (Lipinski definition) is 3. The average Bonchev–Trinajstić information content (AvgIpc) is 2.34. The minimum atomic E-state index is -0.257. The Balaban J connectivity index is 2.54. The van der Waals surface area contributed by atoms with Gasteiger partial charge in [0, 0.05) is 5.56 Å². The Morgan fingerprint density at radius 2 is 2.00 bits per heavy atom. The van der Waals surface area contributed by atoms with E-state index in [-0.39, 0.29) is 5.82 Å². The topological polar surface area (TPSA) is 51.8 Å². The molecule has 3 nitrogen and oxygen atoms in total. The van der Waals surface area contributed by atoms with E-state index in [9.17, 15) is 4.39 Å². The molecule has 0 atom stereocenters. The van der Waals surface area contributed by atoms with Crippen LogP contribution in [0.2, 0.25) is 0 Å². The van der Waals surface area contributed by atoms with Gasteiger partial charge in [-0.3, -0.25) is 0 Å². The summed E-state index contributed by atoms with van der Waals surface area (Å²) >= 11 is 2.18. The number of anilines is 1. The number of nitrogen functional groups attached to an aromatic ring is 1. The summed E-state index contributed by atoms with van der Waals surface area (Å²) in [4.78, 5) is 8.95. The highest BCUT2D eigenvalue weighted by molar-refractivity contribution is 14.1. The molecule has 2 aromatic rings. The number of rotatable bonds is 3. The van der Waals surface area contributed by atoms with Crippen molar-refractivity contribution in [1.82, 2.24) is 9.97 Å². The lowest BCUT2D eigenvalue weighted by atomic mass is 10.1. The molecule has 5 heteroatoms. The highest BCUT2D eigenvalue weighted by Crippen LogP contribution is 2.26. The number of nitrogens with zero attached hydrogens (tertiary/aromatic N) is 2. The van der Waals surface area contributed by atoms with Gasteiger partial charge in [-0.05, 0) is 65.6 Å². The zero-order valence-corrected chi connectivity index (χ0v) is 13.9. The van der Waals surface area contributed by atoms with Crippen molar-refractivity contribution in [3.63, 3.8) is 0 Å². The normalized spacial score (nSPS) is 11.1. The van der Waals surface area contributed by atoms with Gasteiger partial charge in [-0.1, -0.05) is 13.8 Å². The van der Waals surface area contributed by atoms with E-state index in [0.29, 0.717) is 17.6 Å². The summed E-state index contributed by atoms with van der Waals surface area (Å²) in [6, 6.07) is 4.60. The van der Waals surface area contributed by atoms with Gasteiger partial charge in [0.2, 0.25) is 0 Å². The zero-order valence-electron chi connectivity index (χ0n) is 11.7. The van der Waals surface area contributed by atoms with Crippen LogP contribution in [0.4, 0.5) is 10.2 Å². The van der Waals surface area contributed by atoms with E-state index in [1.54, 1.807) is 6.07 Å². The predicted molar refractivity (Wildman–Crippen MR) is 87.8 cm³/mol. The fourth-order valence-electron chi connectivity index (χ4n) is 2.03. The van der Waals surface area contributed by atoms with Gasteiger partial charge in [-0.25, -0.2) is 14.4 Å². The lowest BCUT2D eigenvalue weighted by Crippen LogP contribution is -2.08. The summed E-state index contributed by atoms with van der Waals surface area (Å²) in [7, 11) is 0. The van der Waals surface area contributed by atoms with Gasteiger partial charge in [0.25, 0.3) is 0 Å². The molecule has 2 N–H and O–H groups in total. The van der Waals surface area contributed by atoms with Gasteiger partial charge in [0.05, 0.1) is 9.26 Å². The van der Waals surface area contributed by atoms with Crippen LogP contribution in [0.1, 0.15) is 25.1 Å². The highest BCUT2D eigenvalue weighted by Gasteiger charge is 2.14. The van der Waals surface area contributed by atoms with Crippen LogP contribution in [0.25, 0.3) is 11.4 Å². The Bertz CT molecular complexity index is 641. The lowest BCUT2D eigenvalue weighted by molar-refractivity contribution is 0.626. The van der Waals surface area contributed by atoms with Crippen LogP contribution in [-0.4, -0.2) is 9.97 Å². The van der Waals surface area contributed by atoms with Crippen LogP contribution in [0.5, 0.6) is 0 Å². The Morgan fingerprint density at radius 3 is 2.60 bits per heavy atom. The van der Waals surface area contributed by atoms with Crippen LogP contribution >= 0.6 is 22.6 Å². The predicted octanol–water partition coefficient (Wildman–Crippen LogP) is 3.98. The molecule has 2 rings (SSSR count). The first kappa shape index (κ1) is 15.2. The van der Waals surface area contributed by atoms with Crippen LogP contribution in [0.3, 0.4) is 0 Å². The molecule has 1 aromatic heterocycles. The smallest absolute Gasteiger partial charge is 0.162 e. The van der Waals surface area contributed by atoms with E-state index in [4.69, 9.17) is 5.73 Å². The third-order valence-electron chi connectivity index (χ3n) is 2.98. The molecule has 1 heterocycles. The molecule has 0 aliphatic carbocycles. The van der Waals surface area contributed by atoms with Crippen LogP contribution in [0, 0.1) is 22.2 Å². The molecule has 106 valence electrons. The van der Waals surface area contributed by atoms with E-state index >= 15 is 0 Å². The molecule has 0 bridgehead atoms. The summed E-state index contributed by atoms with van der Waals surface area (Å²) in [6.45, 7) is 6.12. The van der Waals surface area contributed by atoms with Gasteiger partial charge >= 0.3 is 0 Å². The van der Waals surface area contributed by atoms with Crippen LogP contribution in [-0.2, 0) is 6.42 Å². The number of aryl methyl sites for hydroxylation is 1. The Labute approximate surface area is 132 Å². The molecule has 0 aliphatic heterocycles. The minimum absolute atomic E-state index is 0.257. The van der Waals surface area contributed by atoms with Crippen molar-refractivity contribution >= 4 is 28.4 Å². The molecule has 0 amide bonds. The van der Waals surface area contributed by atoms with E-state index in [1.165, 1.54) is 12.1 Å². The molecule has 1 aromatic carbocycles. The SMILES string of the molecule is Cc1cc(F)ccc1-c1nc(N)c(I)c(CC(C)C)n1. The highest BCUT2D eigenvalue weighted by atomic mass is 127. The first-order valence-electron chi connectivity index (χ1n) is 6.47. The largest absolute Gasteiger partial charge is 0.383 e. The maximum Gasteiger partial charge on any atom is 0.162 e. The molecule has 20 heavy (non-hydrogen) atoms. The van der Waals surface area contributed by atoms with Gasteiger partial charge in [0.15, 0.2) is 5.82 Å². The van der Waals surface area contributed by atoms with Gasteiger partial charge in [-0.15, -0.1) is 0 Å². The second-order valence-electron chi connectivity index (χ2n) is 5.25. The molecule has 0 unspecified atom stereocenters. The van der Waals surface area contributed by atoms with Crippen LogP contribution < -0.4 is 5.73 Å². The molecule has 0 aliphatic rings. The maximum atomic E-state index is 13.2. The Morgan fingerprint density at radius 1 is 1.30 bits per heavy atom. The van der Waals surface area contributed by atoms with Crippen molar-refractivity contribution in [3.05, 3.63) is 38.8 Å². The second-order valence-corrected chi connectivity index (χ2v) is 6.33. The maximum absolute atomic E-state index is 13.2. The molecule has 0 spiro atoms. The molecular formula is C15H17FIN3. The number of halogens is 2. The molecule has 0 fully saturated rings. The van der Waals surface area contributed by atoms with Crippen molar-refractivity contribution in [1.29, 1.82) is 0 Å². The third kappa shape index (κ3) is 3.26. The van der Waals surface area contributed by atoms with Crippen LogP contribution in [0.15, 0.2) is 18.2 Å². The molecular weight excluding hydrogens is 368 g/mol. The summed E-state index contributed by atoms with van der Waals surface area (Å²) in [6.07, 6.45) is 0.845. The van der Waals surface area contributed by atoms with Crippen molar-refractivity contribution in [2.24, 2.45) is 5.92 Å². The number of nitrogens with two attached hydrogens (primary N) is 1. The van der Waals surface area contributed by atoms with Gasteiger partial charge in [-0.2, -0.15) is 0 Å². The molecule has 0 radical (unpaired) electrons. The monoisotopic (exact) mass is 385 g/mol. The first-order chi connectivity index (χ1) is 9.38. The number of aromatic nitrogens is 2. The van der Waals surface area contributed by atoms with Gasteiger partial charge in [0.1, 0.15) is 11.6 Å². The summed E-state index contributed by atoms with van der Waals surface area (Å²) in [5, 5.41) is 0. The average molecular weight is 385 g/mol. The van der Waals surface area contributed by atoms with E-state index in [2.05, 4.69) is 46.4 Å². The third-order valence-corrected chi connectivity index (χ3v) is 4.15. The molecule has 0 saturated carbocycles. The van der Waals surface area contributed by atoms with Crippen molar-refractivity contribution < 1.29 is 4.39 Å². The summed E-state index contributed by atoms with van der Waals surface area (Å²) in [5.41, 5.74) is 8.56. The Kier molecular flexibility index (Phi) is 4.57. The van der Waals surface area contributed by atoms with Crippen molar-refractivity contribution in [3.8, 4) is 11.4 Å². The fourth-order valence-corrected chi connectivity index (χ4v) is 2.49. The first-order valence-corrected chi connectivity index (χ1v) is 7.54. The van der Waals surface area contributed by atoms with E-state index in [1.807, 2.05) is 6.92 Å². The molecule has 0 saturated heterocycles. The van der Waals surface area contributed by atoms with Crippen molar-refractivity contribution in [2.45, 2.75) is 27.2 Å². The zero-order chi connectivity index (χ0) is 14.9. The standard InChI is InChI=1S/C15H17FIN3/c1-8(2)6-12-13(17)14(18)20-15(19-12)11-5-4-10(16)7-9(11)3/h4-5,7-8H,6H2,1-3H3,(H2,18,19,20). The number of hydrogen-bond donors (Lipinski definition) is 1. The Hall–Kier alpha value is -1.24. The second kappa shape index (κ2) is 6.03. The van der Waals surface area contributed by atoms with Crippen molar-refractivity contribution in [2.75, 3.05) is 5.73 Å². The summed E-state index contributed by atoms with van der Waals surface area (Å²) in [5.74, 6) is 1.28. The van der Waals surface area contributed by atoms with Gasteiger partial charge < -0.3 is 5.73 Å². The minimum Gasteiger partial charge on any atom is -0.383 e. The quantitative estimate of drug-likeness (QED) is 0.814. The van der Waals surface area contributed by atoms with E-state index < -0.39 is 0 Å². The van der Waals surface area contributed by atoms with E-state index in [0.717, 1.165) is 26.8 Å².